The fourth-order valence-corrected chi connectivity index (χ4v) is 2.62. The highest BCUT2D eigenvalue weighted by atomic mass is 15.2. The van der Waals surface area contributed by atoms with E-state index in [2.05, 4.69) is 24.1 Å². The van der Waals surface area contributed by atoms with Crippen molar-refractivity contribution in [3.05, 3.63) is 0 Å². The topological polar surface area (TPSA) is 15.3 Å². The van der Waals surface area contributed by atoms with Gasteiger partial charge in [-0.05, 0) is 32.6 Å². The smallest absolute Gasteiger partial charge is 0.00671 e. The number of hydrogen-bond donors (Lipinski definition) is 1. The number of rotatable bonds is 4. The summed E-state index contributed by atoms with van der Waals surface area (Å²) in [6, 6.07) is 1.60. The van der Waals surface area contributed by atoms with Crippen molar-refractivity contribution in [1.82, 2.24) is 10.2 Å². The van der Waals surface area contributed by atoms with E-state index in [1.54, 1.807) is 0 Å². The summed E-state index contributed by atoms with van der Waals surface area (Å²) in [5.74, 6) is 0.929. The van der Waals surface area contributed by atoms with Crippen LogP contribution in [-0.2, 0) is 0 Å². The first-order valence-corrected chi connectivity index (χ1v) is 6.23. The summed E-state index contributed by atoms with van der Waals surface area (Å²) in [6.07, 6.45) is 5.72. The summed E-state index contributed by atoms with van der Waals surface area (Å²) >= 11 is 0. The molecule has 0 spiro atoms. The van der Waals surface area contributed by atoms with Crippen LogP contribution in [0.15, 0.2) is 0 Å². The van der Waals surface area contributed by atoms with E-state index < -0.39 is 0 Å². The van der Waals surface area contributed by atoms with Gasteiger partial charge in [-0.25, -0.2) is 0 Å². The number of likely N-dealkylation sites (tertiary alicyclic amines) is 1. The van der Waals surface area contributed by atoms with Crippen molar-refractivity contribution in [3.8, 4) is 0 Å². The van der Waals surface area contributed by atoms with Crippen molar-refractivity contribution in [2.45, 2.75) is 51.6 Å². The maximum absolute atomic E-state index is 3.72. The van der Waals surface area contributed by atoms with Gasteiger partial charge < -0.3 is 10.2 Å². The SMILES string of the molecule is CC(C)N1CC(CNC2CCCC2)C1. The molecular weight excluding hydrogens is 172 g/mol. The molecule has 2 nitrogen and oxygen atoms in total. The van der Waals surface area contributed by atoms with Gasteiger partial charge in [0.1, 0.15) is 0 Å². The normalized spacial score (nSPS) is 25.9. The third-order valence-electron chi connectivity index (χ3n) is 3.77. The Labute approximate surface area is 88.1 Å². The minimum atomic E-state index is 0.748. The van der Waals surface area contributed by atoms with Crippen molar-refractivity contribution in [2.75, 3.05) is 19.6 Å². The predicted molar refractivity (Wildman–Crippen MR) is 60.5 cm³/mol. The lowest BCUT2D eigenvalue weighted by Gasteiger charge is -2.42. The lowest BCUT2D eigenvalue weighted by Crippen LogP contribution is -2.54. The standard InChI is InChI=1S/C12H24N2/c1-10(2)14-8-11(9-14)7-13-12-5-3-4-6-12/h10-13H,3-9H2,1-2H3. The first kappa shape index (κ1) is 10.4. The van der Waals surface area contributed by atoms with Crippen LogP contribution in [0.25, 0.3) is 0 Å². The molecule has 2 rings (SSSR count). The lowest BCUT2D eigenvalue weighted by atomic mass is 9.98. The molecule has 1 aliphatic carbocycles. The summed E-state index contributed by atoms with van der Waals surface area (Å²) in [7, 11) is 0. The second-order valence-electron chi connectivity index (χ2n) is 5.30. The van der Waals surface area contributed by atoms with Gasteiger partial charge in [0, 0.05) is 31.7 Å². The second kappa shape index (κ2) is 4.63. The zero-order valence-corrected chi connectivity index (χ0v) is 9.63. The molecule has 1 saturated carbocycles. The average Bonchev–Trinajstić information content (AvgIpc) is 2.52. The molecule has 0 bridgehead atoms. The summed E-state index contributed by atoms with van der Waals surface area (Å²) < 4.78 is 0. The van der Waals surface area contributed by atoms with E-state index in [0.717, 1.165) is 18.0 Å². The molecule has 14 heavy (non-hydrogen) atoms. The molecule has 1 aliphatic heterocycles. The van der Waals surface area contributed by atoms with Crippen LogP contribution in [0.4, 0.5) is 0 Å². The molecule has 0 radical (unpaired) electrons. The fraction of sp³-hybridized carbons (Fsp3) is 1.00. The Bertz CT molecular complexity index is 167. The van der Waals surface area contributed by atoms with Gasteiger partial charge in [0.2, 0.25) is 0 Å². The van der Waals surface area contributed by atoms with E-state index in [4.69, 9.17) is 0 Å². The Morgan fingerprint density at radius 3 is 2.43 bits per heavy atom. The Kier molecular flexibility index (Phi) is 3.45. The molecule has 0 aromatic carbocycles. The number of nitrogens with one attached hydrogen (secondary N) is 1. The molecular formula is C12H24N2. The molecule has 82 valence electrons. The van der Waals surface area contributed by atoms with Crippen LogP contribution in [-0.4, -0.2) is 36.6 Å². The molecule has 2 aliphatic rings. The first-order chi connectivity index (χ1) is 6.75. The third-order valence-corrected chi connectivity index (χ3v) is 3.77. The van der Waals surface area contributed by atoms with Crippen LogP contribution in [0, 0.1) is 5.92 Å². The van der Waals surface area contributed by atoms with E-state index in [-0.39, 0.29) is 0 Å². The van der Waals surface area contributed by atoms with Crippen LogP contribution in [0.2, 0.25) is 0 Å². The van der Waals surface area contributed by atoms with Gasteiger partial charge in [0.05, 0.1) is 0 Å². The van der Waals surface area contributed by atoms with Crippen molar-refractivity contribution < 1.29 is 0 Å². The number of nitrogens with zero attached hydrogens (tertiary/aromatic N) is 1. The summed E-state index contributed by atoms with van der Waals surface area (Å²) in [6.45, 7) is 8.48. The highest BCUT2D eigenvalue weighted by Gasteiger charge is 2.28. The lowest BCUT2D eigenvalue weighted by molar-refractivity contribution is 0.0661. The molecule has 0 amide bonds. The first-order valence-electron chi connectivity index (χ1n) is 6.23. The highest BCUT2D eigenvalue weighted by molar-refractivity contribution is 4.85. The van der Waals surface area contributed by atoms with Crippen LogP contribution in [0.5, 0.6) is 0 Å². The van der Waals surface area contributed by atoms with Gasteiger partial charge in [-0.1, -0.05) is 12.8 Å². The van der Waals surface area contributed by atoms with Gasteiger partial charge >= 0.3 is 0 Å². The van der Waals surface area contributed by atoms with Crippen molar-refractivity contribution in [1.29, 1.82) is 0 Å². The van der Waals surface area contributed by atoms with Gasteiger partial charge in [-0.2, -0.15) is 0 Å². The zero-order chi connectivity index (χ0) is 9.97. The summed E-state index contributed by atoms with van der Waals surface area (Å²) in [4.78, 5) is 2.56. The van der Waals surface area contributed by atoms with E-state index in [1.165, 1.54) is 45.3 Å². The predicted octanol–water partition coefficient (Wildman–Crippen LogP) is 1.86. The van der Waals surface area contributed by atoms with Gasteiger partial charge in [-0.15, -0.1) is 0 Å². The van der Waals surface area contributed by atoms with E-state index in [1.807, 2.05) is 0 Å². The summed E-state index contributed by atoms with van der Waals surface area (Å²) in [5, 5.41) is 3.72. The van der Waals surface area contributed by atoms with E-state index in [0.29, 0.717) is 0 Å². The highest BCUT2D eigenvalue weighted by Crippen LogP contribution is 2.20. The monoisotopic (exact) mass is 196 g/mol. The summed E-state index contributed by atoms with van der Waals surface area (Å²) in [5.41, 5.74) is 0. The Morgan fingerprint density at radius 2 is 1.86 bits per heavy atom. The Balaban J connectivity index is 1.55. The maximum atomic E-state index is 3.72. The van der Waals surface area contributed by atoms with Crippen molar-refractivity contribution in [2.24, 2.45) is 5.92 Å². The molecule has 1 saturated heterocycles. The van der Waals surface area contributed by atoms with E-state index in [9.17, 15) is 0 Å². The largest absolute Gasteiger partial charge is 0.314 e. The molecule has 0 aromatic rings. The maximum Gasteiger partial charge on any atom is 0.00671 e. The average molecular weight is 196 g/mol. The minimum absolute atomic E-state index is 0.748. The van der Waals surface area contributed by atoms with Crippen molar-refractivity contribution >= 4 is 0 Å². The second-order valence-corrected chi connectivity index (χ2v) is 5.30. The third kappa shape index (κ3) is 2.48. The fourth-order valence-electron chi connectivity index (χ4n) is 2.62. The Morgan fingerprint density at radius 1 is 1.21 bits per heavy atom. The van der Waals surface area contributed by atoms with Gasteiger partial charge in [0.25, 0.3) is 0 Å². The molecule has 0 atom stereocenters. The Hall–Kier alpha value is -0.0800. The molecule has 2 heteroatoms. The zero-order valence-electron chi connectivity index (χ0n) is 9.63. The van der Waals surface area contributed by atoms with Crippen LogP contribution in [0.1, 0.15) is 39.5 Å². The molecule has 0 aromatic heterocycles. The number of hydrogen-bond acceptors (Lipinski definition) is 2. The van der Waals surface area contributed by atoms with Gasteiger partial charge in [0.15, 0.2) is 0 Å². The van der Waals surface area contributed by atoms with Crippen LogP contribution >= 0.6 is 0 Å². The van der Waals surface area contributed by atoms with Crippen LogP contribution in [0.3, 0.4) is 0 Å². The molecule has 1 heterocycles. The molecule has 0 unspecified atom stereocenters. The van der Waals surface area contributed by atoms with E-state index >= 15 is 0 Å². The quantitative estimate of drug-likeness (QED) is 0.738. The van der Waals surface area contributed by atoms with Crippen molar-refractivity contribution in [3.63, 3.8) is 0 Å². The molecule has 2 fully saturated rings. The van der Waals surface area contributed by atoms with Crippen LogP contribution < -0.4 is 5.32 Å². The van der Waals surface area contributed by atoms with Gasteiger partial charge in [-0.3, -0.25) is 0 Å². The minimum Gasteiger partial charge on any atom is -0.314 e. The molecule has 1 N–H and O–H groups in total.